The molecule has 0 saturated carbocycles. The summed E-state index contributed by atoms with van der Waals surface area (Å²) >= 11 is 0. The van der Waals surface area contributed by atoms with Crippen molar-refractivity contribution in [1.29, 1.82) is 0 Å². The highest BCUT2D eigenvalue weighted by Crippen LogP contribution is 2.11. The molecule has 1 rings (SSSR count). The molecule has 0 heterocycles. The van der Waals surface area contributed by atoms with Crippen LogP contribution in [0.5, 0.6) is 0 Å². The number of benzene rings is 1. The van der Waals surface area contributed by atoms with Gasteiger partial charge >= 0.3 is 5.97 Å². The minimum atomic E-state index is -0.178. The molecule has 0 amide bonds. The van der Waals surface area contributed by atoms with Crippen molar-refractivity contribution in [2.45, 2.75) is 27.2 Å². The maximum atomic E-state index is 11.1. The van der Waals surface area contributed by atoms with Crippen LogP contribution in [0, 0.1) is 13.8 Å². The van der Waals surface area contributed by atoms with Crippen molar-refractivity contribution in [3.05, 3.63) is 41.0 Å². The van der Waals surface area contributed by atoms with E-state index in [4.69, 9.17) is 4.74 Å². The second-order valence-electron chi connectivity index (χ2n) is 3.76. The molecule has 0 fully saturated rings. The van der Waals surface area contributed by atoms with E-state index in [0.29, 0.717) is 13.0 Å². The average Bonchev–Trinajstić information content (AvgIpc) is 2.24. The van der Waals surface area contributed by atoms with E-state index >= 15 is 0 Å². The van der Waals surface area contributed by atoms with E-state index in [1.807, 2.05) is 25.1 Å². The molecule has 0 saturated heterocycles. The predicted molar refractivity (Wildman–Crippen MR) is 66.2 cm³/mol. The van der Waals surface area contributed by atoms with Gasteiger partial charge in [0.2, 0.25) is 0 Å². The minimum Gasteiger partial charge on any atom is -0.466 e. The molecule has 2 heteroatoms. The Kier molecular flexibility index (Phi) is 4.77. The molecule has 0 bridgehead atoms. The largest absolute Gasteiger partial charge is 0.466 e. The first-order chi connectivity index (χ1) is 7.63. The number of hydrogen-bond donors (Lipinski definition) is 0. The quantitative estimate of drug-likeness (QED) is 0.725. The van der Waals surface area contributed by atoms with E-state index < -0.39 is 0 Å². The molecule has 1 aromatic carbocycles. The highest BCUT2D eigenvalue weighted by molar-refractivity contribution is 5.72. The fourth-order valence-electron chi connectivity index (χ4n) is 1.38. The fraction of sp³-hybridized carbons (Fsp3) is 0.357. The molecular formula is C14H18O2. The number of hydrogen-bond acceptors (Lipinski definition) is 2. The molecule has 16 heavy (non-hydrogen) atoms. The second-order valence-corrected chi connectivity index (χ2v) is 3.76. The highest BCUT2D eigenvalue weighted by atomic mass is 16.5. The van der Waals surface area contributed by atoms with E-state index in [-0.39, 0.29) is 5.97 Å². The summed E-state index contributed by atoms with van der Waals surface area (Å²) in [5.74, 6) is -0.178. The molecule has 86 valence electrons. The van der Waals surface area contributed by atoms with E-state index in [1.54, 1.807) is 0 Å². The van der Waals surface area contributed by atoms with Crippen LogP contribution in [0.15, 0.2) is 24.3 Å². The van der Waals surface area contributed by atoms with Crippen molar-refractivity contribution in [3.8, 4) is 0 Å². The van der Waals surface area contributed by atoms with Crippen LogP contribution in [-0.4, -0.2) is 12.6 Å². The zero-order valence-electron chi connectivity index (χ0n) is 10.1. The SMILES string of the molecule is CCOC(=O)CC=Cc1ccc(C)c(C)c1. The molecule has 0 aliphatic heterocycles. The zero-order valence-corrected chi connectivity index (χ0v) is 10.1. The maximum absolute atomic E-state index is 11.1. The van der Waals surface area contributed by atoms with E-state index in [9.17, 15) is 4.79 Å². The van der Waals surface area contributed by atoms with Gasteiger partial charge in [0.25, 0.3) is 0 Å². The van der Waals surface area contributed by atoms with Gasteiger partial charge in [-0.15, -0.1) is 0 Å². The zero-order chi connectivity index (χ0) is 12.0. The van der Waals surface area contributed by atoms with E-state index in [0.717, 1.165) is 5.56 Å². The predicted octanol–water partition coefficient (Wildman–Crippen LogP) is 3.27. The normalized spacial score (nSPS) is 10.7. The van der Waals surface area contributed by atoms with Crippen molar-refractivity contribution in [2.24, 2.45) is 0 Å². The summed E-state index contributed by atoms with van der Waals surface area (Å²) in [4.78, 5) is 11.1. The molecule has 0 radical (unpaired) electrons. The van der Waals surface area contributed by atoms with Crippen molar-refractivity contribution >= 4 is 12.0 Å². The Morgan fingerprint density at radius 2 is 2.06 bits per heavy atom. The second kappa shape index (κ2) is 6.11. The maximum Gasteiger partial charge on any atom is 0.309 e. The summed E-state index contributed by atoms with van der Waals surface area (Å²) in [6.45, 7) is 6.42. The van der Waals surface area contributed by atoms with Gasteiger partial charge in [-0.05, 0) is 37.5 Å². The Balaban J connectivity index is 2.56. The van der Waals surface area contributed by atoms with Crippen LogP contribution in [0.3, 0.4) is 0 Å². The lowest BCUT2D eigenvalue weighted by Gasteiger charge is -2.01. The van der Waals surface area contributed by atoms with Crippen LogP contribution in [0.4, 0.5) is 0 Å². The molecule has 2 nitrogen and oxygen atoms in total. The first-order valence-corrected chi connectivity index (χ1v) is 5.53. The molecule has 0 aromatic heterocycles. The van der Waals surface area contributed by atoms with Crippen molar-refractivity contribution in [2.75, 3.05) is 6.61 Å². The standard InChI is InChI=1S/C14H18O2/c1-4-16-14(15)7-5-6-13-9-8-11(2)12(3)10-13/h5-6,8-10H,4,7H2,1-3H3. The Bertz CT molecular complexity index is 392. The first kappa shape index (κ1) is 12.5. The van der Waals surface area contributed by atoms with Gasteiger partial charge in [0.05, 0.1) is 13.0 Å². The van der Waals surface area contributed by atoms with E-state index in [1.165, 1.54) is 11.1 Å². The number of esters is 1. The number of ether oxygens (including phenoxy) is 1. The fourth-order valence-corrected chi connectivity index (χ4v) is 1.38. The number of carbonyl (C=O) groups is 1. The van der Waals surface area contributed by atoms with Crippen LogP contribution in [0.25, 0.3) is 6.08 Å². The van der Waals surface area contributed by atoms with Gasteiger partial charge in [-0.1, -0.05) is 30.4 Å². The van der Waals surface area contributed by atoms with Gasteiger partial charge in [-0.2, -0.15) is 0 Å². The Labute approximate surface area is 96.9 Å². The van der Waals surface area contributed by atoms with Gasteiger partial charge < -0.3 is 4.74 Å². The third kappa shape index (κ3) is 3.89. The average molecular weight is 218 g/mol. The third-order valence-electron chi connectivity index (χ3n) is 2.43. The van der Waals surface area contributed by atoms with Crippen LogP contribution >= 0.6 is 0 Å². The number of carbonyl (C=O) groups excluding carboxylic acids is 1. The monoisotopic (exact) mass is 218 g/mol. The number of aryl methyl sites for hydroxylation is 2. The lowest BCUT2D eigenvalue weighted by atomic mass is 10.1. The number of rotatable bonds is 4. The van der Waals surface area contributed by atoms with Gasteiger partial charge in [0, 0.05) is 0 Å². The third-order valence-corrected chi connectivity index (χ3v) is 2.43. The van der Waals surface area contributed by atoms with Crippen LogP contribution in [0.2, 0.25) is 0 Å². The Morgan fingerprint density at radius 1 is 1.31 bits per heavy atom. The molecular weight excluding hydrogens is 200 g/mol. The highest BCUT2D eigenvalue weighted by Gasteiger charge is 1.97. The molecule has 1 aromatic rings. The summed E-state index contributed by atoms with van der Waals surface area (Å²) in [5, 5.41) is 0. The van der Waals surface area contributed by atoms with Gasteiger partial charge in [-0.25, -0.2) is 0 Å². The van der Waals surface area contributed by atoms with Crippen LogP contribution in [0.1, 0.15) is 30.0 Å². The minimum absolute atomic E-state index is 0.178. The topological polar surface area (TPSA) is 26.3 Å². The summed E-state index contributed by atoms with van der Waals surface area (Å²) in [6.07, 6.45) is 4.12. The van der Waals surface area contributed by atoms with Crippen molar-refractivity contribution < 1.29 is 9.53 Å². The van der Waals surface area contributed by atoms with E-state index in [2.05, 4.69) is 26.0 Å². The summed E-state index contributed by atoms with van der Waals surface area (Å²) < 4.78 is 4.83. The van der Waals surface area contributed by atoms with Crippen LogP contribution in [-0.2, 0) is 9.53 Å². The molecule has 0 aliphatic carbocycles. The lowest BCUT2D eigenvalue weighted by Crippen LogP contribution is -2.01. The summed E-state index contributed by atoms with van der Waals surface area (Å²) in [5.41, 5.74) is 3.66. The Morgan fingerprint density at radius 3 is 2.69 bits per heavy atom. The molecule has 0 spiro atoms. The molecule has 0 unspecified atom stereocenters. The first-order valence-electron chi connectivity index (χ1n) is 5.53. The van der Waals surface area contributed by atoms with Gasteiger partial charge in [0.15, 0.2) is 0 Å². The van der Waals surface area contributed by atoms with Crippen molar-refractivity contribution in [3.63, 3.8) is 0 Å². The smallest absolute Gasteiger partial charge is 0.309 e. The van der Waals surface area contributed by atoms with Crippen molar-refractivity contribution in [1.82, 2.24) is 0 Å². The molecule has 0 aliphatic rings. The Hall–Kier alpha value is -1.57. The summed E-state index contributed by atoms with van der Waals surface area (Å²) in [6, 6.07) is 6.24. The molecule has 0 N–H and O–H groups in total. The van der Waals surface area contributed by atoms with Crippen LogP contribution < -0.4 is 0 Å². The lowest BCUT2D eigenvalue weighted by molar-refractivity contribution is -0.142. The van der Waals surface area contributed by atoms with Gasteiger partial charge in [-0.3, -0.25) is 4.79 Å². The summed E-state index contributed by atoms with van der Waals surface area (Å²) in [7, 11) is 0. The van der Waals surface area contributed by atoms with Gasteiger partial charge in [0.1, 0.15) is 0 Å². The molecule has 0 atom stereocenters.